The van der Waals surface area contributed by atoms with Gasteiger partial charge in [0.1, 0.15) is 0 Å². The predicted octanol–water partition coefficient (Wildman–Crippen LogP) is 3.36. The van der Waals surface area contributed by atoms with Crippen LogP contribution in [0.15, 0.2) is 17.7 Å². The van der Waals surface area contributed by atoms with Crippen LogP contribution >= 0.6 is 0 Å². The SMILES string of the molecule is CNCC(=Cc1cc(F)c(F)c(F)c1)C(C)C. The van der Waals surface area contributed by atoms with Crippen molar-refractivity contribution in [2.75, 3.05) is 13.6 Å². The Bertz CT molecular complexity index is 402. The highest BCUT2D eigenvalue weighted by Gasteiger charge is 2.10. The first-order valence-corrected chi connectivity index (χ1v) is 5.45. The summed E-state index contributed by atoms with van der Waals surface area (Å²) < 4.78 is 38.8. The average molecular weight is 243 g/mol. The summed E-state index contributed by atoms with van der Waals surface area (Å²) in [6.45, 7) is 4.59. The van der Waals surface area contributed by atoms with Gasteiger partial charge in [0, 0.05) is 6.54 Å². The topological polar surface area (TPSA) is 12.0 Å². The first-order valence-electron chi connectivity index (χ1n) is 5.45. The number of hydrogen-bond donors (Lipinski definition) is 1. The molecule has 1 N–H and O–H groups in total. The second-order valence-electron chi connectivity index (χ2n) is 4.20. The van der Waals surface area contributed by atoms with Crippen molar-refractivity contribution in [2.45, 2.75) is 13.8 Å². The largest absolute Gasteiger partial charge is 0.316 e. The lowest BCUT2D eigenvalue weighted by atomic mass is 10.00. The van der Waals surface area contributed by atoms with E-state index in [0.717, 1.165) is 17.7 Å². The van der Waals surface area contributed by atoms with E-state index in [-0.39, 0.29) is 5.92 Å². The van der Waals surface area contributed by atoms with Gasteiger partial charge in [0.25, 0.3) is 0 Å². The maximum atomic E-state index is 13.0. The van der Waals surface area contributed by atoms with E-state index in [1.54, 1.807) is 13.1 Å². The third-order valence-corrected chi connectivity index (χ3v) is 2.48. The van der Waals surface area contributed by atoms with Crippen LogP contribution in [0.3, 0.4) is 0 Å². The van der Waals surface area contributed by atoms with Crippen LogP contribution in [0.2, 0.25) is 0 Å². The molecule has 0 fully saturated rings. The Morgan fingerprint density at radius 1 is 1.24 bits per heavy atom. The Hall–Kier alpha value is -1.29. The van der Waals surface area contributed by atoms with Crippen molar-refractivity contribution in [3.05, 3.63) is 40.7 Å². The molecule has 1 aromatic carbocycles. The molecule has 0 unspecified atom stereocenters. The molecule has 0 amide bonds. The van der Waals surface area contributed by atoms with Gasteiger partial charge < -0.3 is 5.32 Å². The van der Waals surface area contributed by atoms with E-state index in [1.807, 2.05) is 13.8 Å². The number of halogens is 3. The molecule has 0 aliphatic carbocycles. The quantitative estimate of drug-likeness (QED) is 0.799. The molecule has 1 rings (SSSR count). The molecular weight excluding hydrogens is 227 g/mol. The molecule has 0 aliphatic rings. The molecule has 0 saturated carbocycles. The highest BCUT2D eigenvalue weighted by atomic mass is 19.2. The standard InChI is InChI=1S/C13H16F3N/c1-8(2)10(7-17-3)4-9-5-11(14)13(16)12(15)6-9/h4-6,8,17H,7H2,1-3H3. The van der Waals surface area contributed by atoms with Gasteiger partial charge in [-0.3, -0.25) is 0 Å². The number of likely N-dealkylation sites (N-methyl/N-ethyl adjacent to an activating group) is 1. The van der Waals surface area contributed by atoms with Crippen LogP contribution in [0.1, 0.15) is 19.4 Å². The van der Waals surface area contributed by atoms with E-state index in [9.17, 15) is 13.2 Å². The predicted molar refractivity (Wildman–Crippen MR) is 63.1 cm³/mol. The lowest BCUT2D eigenvalue weighted by molar-refractivity contribution is 0.447. The second kappa shape index (κ2) is 5.87. The molecule has 0 bridgehead atoms. The fraction of sp³-hybridized carbons (Fsp3) is 0.385. The molecule has 0 heterocycles. The van der Waals surface area contributed by atoms with Crippen LogP contribution in [0.5, 0.6) is 0 Å². The highest BCUT2D eigenvalue weighted by molar-refractivity contribution is 5.54. The van der Waals surface area contributed by atoms with Crippen molar-refractivity contribution in [2.24, 2.45) is 5.92 Å². The lowest BCUT2D eigenvalue weighted by Crippen LogP contribution is -2.13. The maximum absolute atomic E-state index is 13.0. The van der Waals surface area contributed by atoms with Crippen LogP contribution in [0.25, 0.3) is 6.08 Å². The molecular formula is C13H16F3N. The Balaban J connectivity index is 3.11. The molecule has 0 spiro atoms. The number of nitrogens with one attached hydrogen (secondary N) is 1. The third kappa shape index (κ3) is 3.60. The monoisotopic (exact) mass is 243 g/mol. The first-order chi connectivity index (χ1) is 7.95. The molecule has 94 valence electrons. The van der Waals surface area contributed by atoms with E-state index >= 15 is 0 Å². The smallest absolute Gasteiger partial charge is 0.194 e. The van der Waals surface area contributed by atoms with Crippen LogP contribution in [0, 0.1) is 23.4 Å². The van der Waals surface area contributed by atoms with E-state index in [2.05, 4.69) is 5.32 Å². The van der Waals surface area contributed by atoms with Crippen molar-refractivity contribution in [3.8, 4) is 0 Å². The van der Waals surface area contributed by atoms with Crippen LogP contribution < -0.4 is 5.32 Å². The van der Waals surface area contributed by atoms with Gasteiger partial charge in [-0.1, -0.05) is 25.5 Å². The number of rotatable bonds is 4. The average Bonchev–Trinajstić information content (AvgIpc) is 2.25. The normalized spacial score (nSPS) is 12.3. The van der Waals surface area contributed by atoms with Gasteiger partial charge in [-0.25, -0.2) is 13.2 Å². The highest BCUT2D eigenvalue weighted by Crippen LogP contribution is 2.18. The van der Waals surface area contributed by atoms with Crippen molar-refractivity contribution in [3.63, 3.8) is 0 Å². The minimum Gasteiger partial charge on any atom is -0.316 e. The maximum Gasteiger partial charge on any atom is 0.194 e. The van der Waals surface area contributed by atoms with Gasteiger partial charge in [-0.05, 0) is 30.7 Å². The third-order valence-electron chi connectivity index (χ3n) is 2.48. The van der Waals surface area contributed by atoms with Crippen LogP contribution in [-0.4, -0.2) is 13.6 Å². The molecule has 0 radical (unpaired) electrons. The van der Waals surface area contributed by atoms with Gasteiger partial charge in [0.05, 0.1) is 0 Å². The van der Waals surface area contributed by atoms with E-state index in [0.29, 0.717) is 12.1 Å². The van der Waals surface area contributed by atoms with E-state index in [1.165, 1.54) is 0 Å². The number of benzene rings is 1. The van der Waals surface area contributed by atoms with Crippen molar-refractivity contribution < 1.29 is 13.2 Å². The van der Waals surface area contributed by atoms with Gasteiger partial charge in [-0.15, -0.1) is 0 Å². The fourth-order valence-corrected chi connectivity index (χ4v) is 1.50. The Labute approximate surface area is 99.3 Å². The zero-order chi connectivity index (χ0) is 13.0. The van der Waals surface area contributed by atoms with Gasteiger partial charge in [0.2, 0.25) is 0 Å². The Morgan fingerprint density at radius 2 is 1.76 bits per heavy atom. The molecule has 1 nitrogen and oxygen atoms in total. The summed E-state index contributed by atoms with van der Waals surface area (Å²) in [5.41, 5.74) is 1.33. The molecule has 0 aliphatic heterocycles. The Kier molecular flexibility index (Phi) is 4.75. The van der Waals surface area contributed by atoms with Gasteiger partial charge in [0.15, 0.2) is 17.5 Å². The van der Waals surface area contributed by atoms with Gasteiger partial charge >= 0.3 is 0 Å². The van der Waals surface area contributed by atoms with E-state index in [4.69, 9.17) is 0 Å². The summed E-state index contributed by atoms with van der Waals surface area (Å²) in [6, 6.07) is 1.99. The van der Waals surface area contributed by atoms with Crippen LogP contribution in [-0.2, 0) is 0 Å². The lowest BCUT2D eigenvalue weighted by Gasteiger charge is -2.11. The zero-order valence-corrected chi connectivity index (χ0v) is 10.2. The minimum atomic E-state index is -1.43. The first kappa shape index (κ1) is 13.8. The second-order valence-corrected chi connectivity index (χ2v) is 4.20. The molecule has 0 saturated heterocycles. The molecule has 0 aromatic heterocycles. The molecule has 1 aromatic rings. The van der Waals surface area contributed by atoms with Crippen molar-refractivity contribution in [1.29, 1.82) is 0 Å². The molecule has 0 atom stereocenters. The fourth-order valence-electron chi connectivity index (χ4n) is 1.50. The summed E-state index contributed by atoms with van der Waals surface area (Å²) in [6.07, 6.45) is 1.67. The minimum absolute atomic E-state index is 0.249. The Morgan fingerprint density at radius 3 is 2.18 bits per heavy atom. The van der Waals surface area contributed by atoms with Crippen molar-refractivity contribution >= 4 is 6.08 Å². The summed E-state index contributed by atoms with van der Waals surface area (Å²) in [5, 5.41) is 2.98. The number of hydrogen-bond acceptors (Lipinski definition) is 1. The molecule has 17 heavy (non-hydrogen) atoms. The summed E-state index contributed by atoms with van der Waals surface area (Å²) in [5.74, 6) is -3.51. The summed E-state index contributed by atoms with van der Waals surface area (Å²) >= 11 is 0. The molecule has 4 heteroatoms. The zero-order valence-electron chi connectivity index (χ0n) is 10.2. The summed E-state index contributed by atoms with van der Waals surface area (Å²) in [4.78, 5) is 0. The van der Waals surface area contributed by atoms with Gasteiger partial charge in [-0.2, -0.15) is 0 Å². The summed E-state index contributed by atoms with van der Waals surface area (Å²) in [7, 11) is 1.79. The van der Waals surface area contributed by atoms with Crippen molar-refractivity contribution in [1.82, 2.24) is 5.32 Å². The van der Waals surface area contributed by atoms with Crippen LogP contribution in [0.4, 0.5) is 13.2 Å². The van der Waals surface area contributed by atoms with E-state index < -0.39 is 17.5 Å².